The van der Waals surface area contributed by atoms with Gasteiger partial charge in [-0.15, -0.1) is 0 Å². The first-order valence-electron chi connectivity index (χ1n) is 6.84. The fourth-order valence-electron chi connectivity index (χ4n) is 2.26. The van der Waals surface area contributed by atoms with E-state index in [1.54, 1.807) is 19.2 Å². The second-order valence-corrected chi connectivity index (χ2v) is 5.51. The lowest BCUT2D eigenvalue weighted by atomic mass is 10.1. The molecule has 0 aliphatic heterocycles. The van der Waals surface area contributed by atoms with E-state index < -0.39 is 0 Å². The molecule has 1 unspecified atom stereocenters. The van der Waals surface area contributed by atoms with Gasteiger partial charge < -0.3 is 10.1 Å². The van der Waals surface area contributed by atoms with Gasteiger partial charge in [0.1, 0.15) is 17.3 Å². The Hall–Kier alpha value is -1.58. The van der Waals surface area contributed by atoms with Gasteiger partial charge in [-0.1, -0.05) is 17.7 Å². The molecule has 0 saturated heterocycles. The third-order valence-corrected chi connectivity index (χ3v) is 4.11. The lowest BCUT2D eigenvalue weighted by Crippen LogP contribution is -2.15. The van der Waals surface area contributed by atoms with E-state index in [-0.39, 0.29) is 11.9 Å². The van der Waals surface area contributed by atoms with Gasteiger partial charge >= 0.3 is 0 Å². The first kappa shape index (κ1) is 15.8. The Balaban J connectivity index is 2.42. The van der Waals surface area contributed by atoms with Crippen LogP contribution in [-0.2, 0) is 0 Å². The van der Waals surface area contributed by atoms with Crippen LogP contribution < -0.4 is 10.1 Å². The van der Waals surface area contributed by atoms with Gasteiger partial charge in [-0.3, -0.25) is 0 Å². The Bertz CT molecular complexity index is 634. The molecule has 21 heavy (non-hydrogen) atoms. The smallest absolute Gasteiger partial charge is 0.135 e. The molecule has 1 N–H and O–H groups in total. The summed E-state index contributed by atoms with van der Waals surface area (Å²) in [6, 6.07) is 8.42. The van der Waals surface area contributed by atoms with Gasteiger partial charge in [0, 0.05) is 16.6 Å². The van der Waals surface area contributed by atoms with Crippen molar-refractivity contribution in [2.75, 3.05) is 7.05 Å². The van der Waals surface area contributed by atoms with Crippen molar-refractivity contribution < 1.29 is 9.13 Å². The van der Waals surface area contributed by atoms with Crippen LogP contribution in [0.15, 0.2) is 30.3 Å². The second kappa shape index (κ2) is 6.46. The first-order chi connectivity index (χ1) is 9.93. The maximum atomic E-state index is 14.1. The Labute approximate surface area is 129 Å². The minimum atomic E-state index is -0.281. The molecule has 0 bridgehead atoms. The number of aryl methyl sites for hydroxylation is 2. The summed E-state index contributed by atoms with van der Waals surface area (Å²) in [5, 5.41) is 3.77. The van der Waals surface area contributed by atoms with Crippen LogP contribution in [0.3, 0.4) is 0 Å². The van der Waals surface area contributed by atoms with Crippen LogP contribution in [0.25, 0.3) is 0 Å². The summed E-state index contributed by atoms with van der Waals surface area (Å²) in [5.41, 5.74) is 2.39. The predicted molar refractivity (Wildman–Crippen MR) is 84.9 cm³/mol. The van der Waals surface area contributed by atoms with Crippen LogP contribution in [0.1, 0.15) is 29.7 Å². The van der Waals surface area contributed by atoms with Crippen LogP contribution in [-0.4, -0.2) is 7.05 Å². The normalized spacial score (nSPS) is 12.3. The third-order valence-electron chi connectivity index (χ3n) is 3.52. The molecule has 1 atom stereocenters. The van der Waals surface area contributed by atoms with E-state index in [1.807, 2.05) is 32.9 Å². The topological polar surface area (TPSA) is 21.3 Å². The summed E-state index contributed by atoms with van der Waals surface area (Å²) in [6.07, 6.45) is 0. The summed E-state index contributed by atoms with van der Waals surface area (Å²) in [7, 11) is 1.79. The summed E-state index contributed by atoms with van der Waals surface area (Å²) >= 11 is 6.16. The standard InChI is InChI=1S/C17H19ClFNO/c1-10-8-13(9-11(2)17(10)18)21-15-7-5-6-14(19)16(15)12(3)20-4/h5-9,12,20H,1-4H3. The zero-order valence-electron chi connectivity index (χ0n) is 12.6. The molecule has 2 nitrogen and oxygen atoms in total. The summed E-state index contributed by atoms with van der Waals surface area (Å²) < 4.78 is 20.0. The second-order valence-electron chi connectivity index (χ2n) is 5.14. The molecule has 0 spiro atoms. The maximum absolute atomic E-state index is 14.1. The minimum Gasteiger partial charge on any atom is -0.457 e. The Morgan fingerprint density at radius 1 is 1.19 bits per heavy atom. The van der Waals surface area contributed by atoms with Gasteiger partial charge in [-0.05, 0) is 63.2 Å². The van der Waals surface area contributed by atoms with Gasteiger partial charge in [0.15, 0.2) is 0 Å². The zero-order chi connectivity index (χ0) is 15.6. The van der Waals surface area contributed by atoms with Gasteiger partial charge in [0.25, 0.3) is 0 Å². The van der Waals surface area contributed by atoms with Crippen LogP contribution in [0.4, 0.5) is 4.39 Å². The lowest BCUT2D eigenvalue weighted by Gasteiger charge is -2.18. The Morgan fingerprint density at radius 3 is 2.38 bits per heavy atom. The molecule has 0 aromatic heterocycles. The molecule has 0 heterocycles. The highest BCUT2D eigenvalue weighted by Gasteiger charge is 2.16. The van der Waals surface area contributed by atoms with Crippen LogP contribution in [0.2, 0.25) is 5.02 Å². The van der Waals surface area contributed by atoms with Gasteiger partial charge in [-0.25, -0.2) is 4.39 Å². The molecule has 0 aliphatic carbocycles. The molecule has 112 valence electrons. The fourth-order valence-corrected chi connectivity index (χ4v) is 2.37. The van der Waals surface area contributed by atoms with Crippen LogP contribution >= 0.6 is 11.6 Å². The lowest BCUT2D eigenvalue weighted by molar-refractivity contribution is 0.452. The largest absolute Gasteiger partial charge is 0.457 e. The van der Waals surface area contributed by atoms with E-state index in [1.165, 1.54) is 6.07 Å². The van der Waals surface area contributed by atoms with E-state index in [0.717, 1.165) is 16.1 Å². The third kappa shape index (κ3) is 3.36. The number of hydrogen-bond donors (Lipinski definition) is 1. The SMILES string of the molecule is CNC(C)c1c(F)cccc1Oc1cc(C)c(Cl)c(C)c1. The number of hydrogen-bond acceptors (Lipinski definition) is 2. The van der Waals surface area contributed by atoms with Crippen molar-refractivity contribution in [2.24, 2.45) is 0 Å². The number of ether oxygens (including phenoxy) is 1. The number of rotatable bonds is 4. The molecule has 4 heteroatoms. The van der Waals surface area contributed by atoms with Crippen molar-refractivity contribution in [1.29, 1.82) is 0 Å². The highest BCUT2D eigenvalue weighted by Crippen LogP contribution is 2.34. The van der Waals surface area contributed by atoms with Crippen molar-refractivity contribution in [3.8, 4) is 11.5 Å². The van der Waals surface area contributed by atoms with E-state index in [2.05, 4.69) is 5.32 Å². The van der Waals surface area contributed by atoms with Crippen LogP contribution in [0, 0.1) is 19.7 Å². The van der Waals surface area contributed by atoms with Crippen molar-refractivity contribution in [3.05, 3.63) is 57.9 Å². The summed E-state index contributed by atoms with van der Waals surface area (Å²) in [4.78, 5) is 0. The van der Waals surface area contributed by atoms with Gasteiger partial charge in [0.05, 0.1) is 0 Å². The molecule has 0 radical (unpaired) electrons. The minimum absolute atomic E-state index is 0.143. The van der Waals surface area contributed by atoms with E-state index in [4.69, 9.17) is 16.3 Å². The van der Waals surface area contributed by atoms with Crippen molar-refractivity contribution in [1.82, 2.24) is 5.32 Å². The zero-order valence-corrected chi connectivity index (χ0v) is 13.4. The molecular weight excluding hydrogens is 289 g/mol. The molecule has 0 amide bonds. The van der Waals surface area contributed by atoms with E-state index >= 15 is 0 Å². The molecule has 0 saturated carbocycles. The Morgan fingerprint density at radius 2 is 1.81 bits per heavy atom. The van der Waals surface area contributed by atoms with Gasteiger partial charge in [0.2, 0.25) is 0 Å². The summed E-state index contributed by atoms with van der Waals surface area (Å²) in [5.74, 6) is 0.888. The first-order valence-corrected chi connectivity index (χ1v) is 7.22. The van der Waals surface area contributed by atoms with Gasteiger partial charge in [-0.2, -0.15) is 0 Å². The molecular formula is C17H19ClFNO. The van der Waals surface area contributed by atoms with E-state index in [9.17, 15) is 4.39 Å². The maximum Gasteiger partial charge on any atom is 0.135 e. The van der Waals surface area contributed by atoms with Crippen molar-refractivity contribution >= 4 is 11.6 Å². The van der Waals surface area contributed by atoms with Crippen LogP contribution in [0.5, 0.6) is 11.5 Å². The quantitative estimate of drug-likeness (QED) is 0.841. The van der Waals surface area contributed by atoms with Crippen molar-refractivity contribution in [2.45, 2.75) is 26.8 Å². The molecule has 2 rings (SSSR count). The average molecular weight is 308 g/mol. The van der Waals surface area contributed by atoms with Crippen molar-refractivity contribution in [3.63, 3.8) is 0 Å². The molecule has 2 aromatic carbocycles. The monoisotopic (exact) mass is 307 g/mol. The average Bonchev–Trinajstić information content (AvgIpc) is 2.44. The molecule has 0 aliphatic rings. The number of nitrogens with one attached hydrogen (secondary N) is 1. The predicted octanol–water partition coefficient (Wildman–Crippen LogP) is 5.17. The molecule has 0 fully saturated rings. The highest BCUT2D eigenvalue weighted by atomic mass is 35.5. The molecule has 2 aromatic rings. The number of halogens is 2. The fraction of sp³-hybridized carbons (Fsp3) is 0.294. The highest BCUT2D eigenvalue weighted by molar-refractivity contribution is 6.32. The number of benzene rings is 2. The van der Waals surface area contributed by atoms with E-state index in [0.29, 0.717) is 17.1 Å². The summed E-state index contributed by atoms with van der Waals surface area (Å²) in [6.45, 7) is 5.74. The Kier molecular flexibility index (Phi) is 4.86.